The molecular formula is C18H19NO3. The minimum absolute atomic E-state index is 0.0355. The second kappa shape index (κ2) is 7.41. The topological polar surface area (TPSA) is 55.4 Å². The zero-order valence-corrected chi connectivity index (χ0v) is 12.7. The van der Waals surface area contributed by atoms with E-state index in [-0.39, 0.29) is 11.7 Å². The first-order valence-corrected chi connectivity index (χ1v) is 7.15. The van der Waals surface area contributed by atoms with Crippen LogP contribution < -0.4 is 10.1 Å². The number of hydrogen-bond acceptors (Lipinski definition) is 3. The summed E-state index contributed by atoms with van der Waals surface area (Å²) in [6, 6.07) is 16.5. The van der Waals surface area contributed by atoms with Gasteiger partial charge in [0.25, 0.3) is 5.91 Å². The molecule has 1 atom stereocenters. The highest BCUT2D eigenvalue weighted by Gasteiger charge is 2.14. The summed E-state index contributed by atoms with van der Waals surface area (Å²) >= 11 is 0. The number of amides is 1. The fraction of sp³-hybridized carbons (Fsp3) is 0.222. The van der Waals surface area contributed by atoms with Crippen molar-refractivity contribution in [2.75, 3.05) is 0 Å². The number of carbonyl (C=O) groups excluding carboxylic acids is 2. The fourth-order valence-electron chi connectivity index (χ4n) is 1.97. The van der Waals surface area contributed by atoms with Crippen molar-refractivity contribution >= 4 is 11.7 Å². The highest BCUT2D eigenvalue weighted by Crippen LogP contribution is 2.15. The molecule has 0 fully saturated rings. The third-order valence-electron chi connectivity index (χ3n) is 3.23. The molecule has 2 aromatic carbocycles. The first kappa shape index (κ1) is 15.8. The van der Waals surface area contributed by atoms with Crippen LogP contribution in [0.5, 0.6) is 5.75 Å². The summed E-state index contributed by atoms with van der Waals surface area (Å²) in [6.45, 7) is 3.64. The predicted octanol–water partition coefficient (Wildman–Crippen LogP) is 2.97. The SMILES string of the molecule is CC(=O)c1cccc(OC(C)C(=O)NCc2ccccc2)c1. The van der Waals surface area contributed by atoms with Gasteiger partial charge in [-0.25, -0.2) is 0 Å². The van der Waals surface area contributed by atoms with E-state index < -0.39 is 6.10 Å². The largest absolute Gasteiger partial charge is 0.481 e. The normalized spacial score (nSPS) is 11.5. The van der Waals surface area contributed by atoms with Gasteiger partial charge in [-0.2, -0.15) is 0 Å². The monoisotopic (exact) mass is 297 g/mol. The summed E-state index contributed by atoms with van der Waals surface area (Å²) in [5.41, 5.74) is 1.59. The van der Waals surface area contributed by atoms with Crippen molar-refractivity contribution in [1.29, 1.82) is 0 Å². The van der Waals surface area contributed by atoms with E-state index >= 15 is 0 Å². The summed E-state index contributed by atoms with van der Waals surface area (Å²) in [5.74, 6) is 0.277. The standard InChI is InChI=1S/C18H19NO3/c1-13(20)16-9-6-10-17(11-16)22-14(2)18(21)19-12-15-7-4-3-5-8-15/h3-11,14H,12H2,1-2H3,(H,19,21). The summed E-state index contributed by atoms with van der Waals surface area (Å²) in [5, 5.41) is 2.83. The average molecular weight is 297 g/mol. The van der Waals surface area contributed by atoms with Gasteiger partial charge in [0.05, 0.1) is 0 Å². The molecule has 1 unspecified atom stereocenters. The van der Waals surface area contributed by atoms with Crippen LogP contribution in [-0.2, 0) is 11.3 Å². The van der Waals surface area contributed by atoms with Gasteiger partial charge in [-0.1, -0.05) is 42.5 Å². The Balaban J connectivity index is 1.91. The number of hydrogen-bond donors (Lipinski definition) is 1. The fourth-order valence-corrected chi connectivity index (χ4v) is 1.97. The maximum Gasteiger partial charge on any atom is 0.261 e. The van der Waals surface area contributed by atoms with Crippen molar-refractivity contribution in [2.24, 2.45) is 0 Å². The molecule has 4 heteroatoms. The molecule has 0 aromatic heterocycles. The van der Waals surface area contributed by atoms with E-state index in [2.05, 4.69) is 5.32 Å². The van der Waals surface area contributed by atoms with E-state index in [4.69, 9.17) is 4.74 Å². The minimum atomic E-state index is -0.633. The van der Waals surface area contributed by atoms with Crippen LogP contribution in [0.15, 0.2) is 54.6 Å². The molecule has 0 spiro atoms. The maximum atomic E-state index is 12.0. The molecule has 4 nitrogen and oxygen atoms in total. The van der Waals surface area contributed by atoms with Crippen molar-refractivity contribution < 1.29 is 14.3 Å². The smallest absolute Gasteiger partial charge is 0.261 e. The van der Waals surface area contributed by atoms with Crippen LogP contribution in [0.3, 0.4) is 0 Å². The Kier molecular flexibility index (Phi) is 5.31. The highest BCUT2D eigenvalue weighted by atomic mass is 16.5. The molecule has 1 amide bonds. The van der Waals surface area contributed by atoms with E-state index in [1.165, 1.54) is 6.92 Å². The molecule has 0 aliphatic rings. The maximum absolute atomic E-state index is 12.0. The van der Waals surface area contributed by atoms with Crippen LogP contribution in [0.1, 0.15) is 29.8 Å². The number of nitrogens with one attached hydrogen (secondary N) is 1. The first-order valence-electron chi connectivity index (χ1n) is 7.15. The Hall–Kier alpha value is -2.62. The van der Waals surface area contributed by atoms with E-state index in [0.717, 1.165) is 5.56 Å². The van der Waals surface area contributed by atoms with Gasteiger partial charge in [0, 0.05) is 12.1 Å². The van der Waals surface area contributed by atoms with Crippen molar-refractivity contribution in [3.8, 4) is 5.75 Å². The van der Waals surface area contributed by atoms with Crippen LogP contribution in [0.25, 0.3) is 0 Å². The van der Waals surface area contributed by atoms with Crippen LogP contribution >= 0.6 is 0 Å². The third kappa shape index (κ3) is 4.45. The Morgan fingerprint density at radius 1 is 1.09 bits per heavy atom. The van der Waals surface area contributed by atoms with Gasteiger partial charge in [0.1, 0.15) is 5.75 Å². The zero-order valence-electron chi connectivity index (χ0n) is 12.7. The Morgan fingerprint density at radius 2 is 1.82 bits per heavy atom. The lowest BCUT2D eigenvalue weighted by Crippen LogP contribution is -2.35. The lowest BCUT2D eigenvalue weighted by atomic mass is 10.1. The van der Waals surface area contributed by atoms with Gasteiger partial charge in [-0.15, -0.1) is 0 Å². The molecular weight excluding hydrogens is 278 g/mol. The summed E-state index contributed by atoms with van der Waals surface area (Å²) in [4.78, 5) is 23.4. The van der Waals surface area contributed by atoms with Crippen LogP contribution in [-0.4, -0.2) is 17.8 Å². The molecule has 1 N–H and O–H groups in total. The molecule has 0 saturated carbocycles. The number of rotatable bonds is 6. The molecule has 0 heterocycles. The van der Waals surface area contributed by atoms with E-state index in [1.807, 2.05) is 30.3 Å². The van der Waals surface area contributed by atoms with Crippen molar-refractivity contribution in [3.63, 3.8) is 0 Å². The Morgan fingerprint density at radius 3 is 2.50 bits per heavy atom. The highest BCUT2D eigenvalue weighted by molar-refractivity contribution is 5.94. The first-order chi connectivity index (χ1) is 10.6. The number of carbonyl (C=O) groups is 2. The number of ketones is 1. The van der Waals surface area contributed by atoms with Gasteiger partial charge < -0.3 is 10.1 Å². The van der Waals surface area contributed by atoms with Crippen LogP contribution in [0.4, 0.5) is 0 Å². The summed E-state index contributed by atoms with van der Waals surface area (Å²) in [6.07, 6.45) is -0.633. The molecule has 0 aliphatic heterocycles. The molecule has 114 valence electrons. The molecule has 22 heavy (non-hydrogen) atoms. The molecule has 0 saturated heterocycles. The lowest BCUT2D eigenvalue weighted by molar-refractivity contribution is -0.127. The van der Waals surface area contributed by atoms with Gasteiger partial charge >= 0.3 is 0 Å². The predicted molar refractivity (Wildman–Crippen MR) is 84.8 cm³/mol. The average Bonchev–Trinajstić information content (AvgIpc) is 2.53. The lowest BCUT2D eigenvalue weighted by Gasteiger charge is -2.15. The molecule has 0 aliphatic carbocycles. The number of Topliss-reactive ketones (excluding diaryl/α,β-unsaturated/α-hetero) is 1. The van der Waals surface area contributed by atoms with Crippen LogP contribution in [0.2, 0.25) is 0 Å². The Bertz CT molecular complexity index is 652. The molecule has 0 bridgehead atoms. The Labute approximate surface area is 130 Å². The molecule has 2 aromatic rings. The van der Waals surface area contributed by atoms with E-state index in [1.54, 1.807) is 31.2 Å². The molecule has 0 radical (unpaired) electrons. The quantitative estimate of drug-likeness (QED) is 0.834. The summed E-state index contributed by atoms with van der Waals surface area (Å²) < 4.78 is 5.59. The second-order valence-corrected chi connectivity index (χ2v) is 5.05. The third-order valence-corrected chi connectivity index (χ3v) is 3.23. The minimum Gasteiger partial charge on any atom is -0.481 e. The van der Waals surface area contributed by atoms with E-state index in [0.29, 0.717) is 17.9 Å². The zero-order chi connectivity index (χ0) is 15.9. The number of ether oxygens (including phenoxy) is 1. The van der Waals surface area contributed by atoms with Crippen LogP contribution in [0, 0.1) is 0 Å². The van der Waals surface area contributed by atoms with Gasteiger partial charge in [0.15, 0.2) is 11.9 Å². The van der Waals surface area contributed by atoms with Gasteiger partial charge in [0.2, 0.25) is 0 Å². The van der Waals surface area contributed by atoms with Crippen molar-refractivity contribution in [3.05, 3.63) is 65.7 Å². The van der Waals surface area contributed by atoms with E-state index in [9.17, 15) is 9.59 Å². The van der Waals surface area contributed by atoms with Gasteiger partial charge in [-0.3, -0.25) is 9.59 Å². The molecule has 2 rings (SSSR count). The second-order valence-electron chi connectivity index (χ2n) is 5.05. The van der Waals surface area contributed by atoms with Crippen molar-refractivity contribution in [1.82, 2.24) is 5.32 Å². The number of benzene rings is 2. The van der Waals surface area contributed by atoms with Crippen molar-refractivity contribution in [2.45, 2.75) is 26.5 Å². The van der Waals surface area contributed by atoms with Gasteiger partial charge in [-0.05, 0) is 31.5 Å². The summed E-state index contributed by atoms with van der Waals surface area (Å²) in [7, 11) is 0.